The third-order valence-electron chi connectivity index (χ3n) is 2.82. The van der Waals surface area contributed by atoms with Gasteiger partial charge in [-0.15, -0.1) is 0 Å². The van der Waals surface area contributed by atoms with Crippen molar-refractivity contribution in [2.24, 2.45) is 0 Å². The van der Waals surface area contributed by atoms with Gasteiger partial charge >= 0.3 is 6.18 Å². The van der Waals surface area contributed by atoms with Crippen molar-refractivity contribution in [3.05, 3.63) is 31.8 Å². The Balaban J connectivity index is 2.21. The molecule has 0 unspecified atom stereocenters. The first kappa shape index (κ1) is 14.1. The summed E-state index contributed by atoms with van der Waals surface area (Å²) in [5.74, 6) is -0.685. The molecule has 0 aliphatic heterocycles. The number of carbonyl (C=O) groups excluding carboxylic acids is 1. The maximum absolute atomic E-state index is 12.7. The zero-order valence-corrected chi connectivity index (χ0v) is 12.7. The van der Waals surface area contributed by atoms with Gasteiger partial charge in [-0.2, -0.15) is 13.2 Å². The van der Waals surface area contributed by atoms with Gasteiger partial charge in [0.1, 0.15) is 5.54 Å². The molecule has 2 nitrogen and oxygen atoms in total. The first-order chi connectivity index (χ1) is 8.25. The number of halogens is 5. The van der Waals surface area contributed by atoms with Gasteiger partial charge in [0, 0.05) is 8.04 Å². The lowest BCUT2D eigenvalue weighted by Gasteiger charge is -2.21. The quantitative estimate of drug-likeness (QED) is 0.704. The third kappa shape index (κ3) is 2.66. The van der Waals surface area contributed by atoms with E-state index in [2.05, 4.69) is 21.2 Å². The summed E-state index contributed by atoms with van der Waals surface area (Å²) in [6.07, 6.45) is -4.49. The Labute approximate surface area is 124 Å². The van der Waals surface area contributed by atoms with Crippen LogP contribution in [0.2, 0.25) is 0 Å². The Bertz CT molecular complexity index is 500. The molecule has 1 fully saturated rings. The number of alkyl halides is 3. The predicted molar refractivity (Wildman–Crippen MR) is 72.3 cm³/mol. The van der Waals surface area contributed by atoms with Crippen molar-refractivity contribution in [2.75, 3.05) is 0 Å². The Morgan fingerprint density at radius 3 is 2.50 bits per heavy atom. The Morgan fingerprint density at radius 1 is 1.39 bits per heavy atom. The normalized spacial score (nSPS) is 17.4. The first-order valence-corrected chi connectivity index (χ1v) is 6.97. The number of benzene rings is 1. The molecule has 1 aromatic rings. The van der Waals surface area contributed by atoms with Gasteiger partial charge in [0.05, 0.1) is 5.56 Å². The second-order valence-electron chi connectivity index (χ2n) is 4.16. The maximum atomic E-state index is 12.7. The zero-order valence-electron chi connectivity index (χ0n) is 8.94. The molecule has 0 radical (unpaired) electrons. The average Bonchev–Trinajstić information content (AvgIpc) is 3.01. The van der Waals surface area contributed by atoms with E-state index in [0.29, 0.717) is 8.04 Å². The molecule has 1 aliphatic rings. The van der Waals surface area contributed by atoms with Crippen LogP contribution in [0.15, 0.2) is 22.7 Å². The van der Waals surface area contributed by atoms with E-state index in [1.54, 1.807) is 12.1 Å². The second kappa shape index (κ2) is 4.66. The molecule has 0 spiro atoms. The molecule has 1 aromatic carbocycles. The zero-order chi connectivity index (χ0) is 13.6. The Hall–Kier alpha value is -0.310. The highest BCUT2D eigenvalue weighted by Gasteiger charge is 2.64. The number of hydrogen-bond acceptors (Lipinski definition) is 1. The van der Waals surface area contributed by atoms with Gasteiger partial charge in [-0.05, 0) is 53.6 Å². The largest absolute Gasteiger partial charge is 0.411 e. The number of carbonyl (C=O) groups is 1. The van der Waals surface area contributed by atoms with Crippen LogP contribution in [-0.2, 0) is 0 Å². The van der Waals surface area contributed by atoms with Gasteiger partial charge in [-0.25, -0.2) is 0 Å². The van der Waals surface area contributed by atoms with Crippen LogP contribution in [0.1, 0.15) is 23.2 Å². The number of rotatable bonds is 2. The van der Waals surface area contributed by atoms with Gasteiger partial charge in [0.25, 0.3) is 5.91 Å². The van der Waals surface area contributed by atoms with E-state index in [-0.39, 0.29) is 18.4 Å². The van der Waals surface area contributed by atoms with Gasteiger partial charge in [0.2, 0.25) is 0 Å². The topological polar surface area (TPSA) is 29.1 Å². The summed E-state index contributed by atoms with van der Waals surface area (Å²) in [6.45, 7) is 0. The van der Waals surface area contributed by atoms with Gasteiger partial charge < -0.3 is 5.32 Å². The van der Waals surface area contributed by atoms with Crippen molar-refractivity contribution in [1.29, 1.82) is 0 Å². The van der Waals surface area contributed by atoms with Crippen LogP contribution in [0.25, 0.3) is 0 Å². The monoisotopic (exact) mass is 433 g/mol. The molecule has 1 amide bonds. The van der Waals surface area contributed by atoms with Crippen LogP contribution in [0.4, 0.5) is 13.2 Å². The molecule has 1 N–H and O–H groups in total. The minimum atomic E-state index is -4.39. The summed E-state index contributed by atoms with van der Waals surface area (Å²) in [4.78, 5) is 11.9. The molecule has 0 saturated heterocycles. The van der Waals surface area contributed by atoms with Crippen LogP contribution in [-0.4, -0.2) is 17.6 Å². The molecule has 2 rings (SSSR count). The number of amides is 1. The van der Waals surface area contributed by atoms with Crippen LogP contribution < -0.4 is 5.32 Å². The molecular weight excluding hydrogens is 426 g/mol. The predicted octanol–water partition coefficient (Wildman–Crippen LogP) is 3.88. The van der Waals surface area contributed by atoms with Crippen LogP contribution in [0.3, 0.4) is 0 Å². The maximum Gasteiger partial charge on any atom is 0.411 e. The molecule has 98 valence electrons. The highest BCUT2D eigenvalue weighted by atomic mass is 127. The molecule has 1 saturated carbocycles. The molecule has 7 heteroatoms. The molecule has 1 aliphatic carbocycles. The van der Waals surface area contributed by atoms with E-state index in [0.717, 1.165) is 0 Å². The highest BCUT2D eigenvalue weighted by molar-refractivity contribution is 14.1. The number of nitrogens with one attached hydrogen (secondary N) is 1. The lowest BCUT2D eigenvalue weighted by atomic mass is 10.2. The molecule has 0 heterocycles. The van der Waals surface area contributed by atoms with E-state index >= 15 is 0 Å². The Morgan fingerprint density at radius 2 is 2.00 bits per heavy atom. The number of hydrogen-bond donors (Lipinski definition) is 1. The van der Waals surface area contributed by atoms with E-state index in [4.69, 9.17) is 0 Å². The Kier molecular flexibility index (Phi) is 3.65. The van der Waals surface area contributed by atoms with Gasteiger partial charge in [-0.3, -0.25) is 4.79 Å². The van der Waals surface area contributed by atoms with Crippen LogP contribution in [0, 0.1) is 3.57 Å². The fraction of sp³-hybridized carbons (Fsp3) is 0.364. The lowest BCUT2D eigenvalue weighted by Crippen LogP contribution is -2.48. The molecule has 0 aromatic heterocycles. The van der Waals surface area contributed by atoms with Crippen molar-refractivity contribution in [2.45, 2.75) is 24.6 Å². The fourth-order valence-corrected chi connectivity index (χ4v) is 2.50. The smallest absolute Gasteiger partial charge is 0.338 e. The summed E-state index contributed by atoms with van der Waals surface area (Å²) in [5, 5.41) is 2.10. The van der Waals surface area contributed by atoms with Crippen molar-refractivity contribution in [1.82, 2.24) is 5.32 Å². The molecule has 0 bridgehead atoms. The lowest BCUT2D eigenvalue weighted by molar-refractivity contribution is -0.163. The SMILES string of the molecule is O=C(NC1(C(F)(F)F)CC1)c1cc(Br)ccc1I. The summed E-state index contributed by atoms with van der Waals surface area (Å²) in [6, 6.07) is 4.92. The molecule has 18 heavy (non-hydrogen) atoms. The van der Waals surface area contributed by atoms with E-state index in [1.807, 2.05) is 22.6 Å². The highest BCUT2D eigenvalue weighted by Crippen LogP contribution is 2.49. The van der Waals surface area contributed by atoms with Crippen LogP contribution >= 0.6 is 38.5 Å². The van der Waals surface area contributed by atoms with Crippen molar-refractivity contribution in [3.8, 4) is 0 Å². The molecule has 0 atom stereocenters. The molecular formula is C11H8BrF3INO. The van der Waals surface area contributed by atoms with E-state index < -0.39 is 17.6 Å². The van der Waals surface area contributed by atoms with E-state index in [1.165, 1.54) is 6.07 Å². The van der Waals surface area contributed by atoms with Crippen molar-refractivity contribution < 1.29 is 18.0 Å². The minimum Gasteiger partial charge on any atom is -0.338 e. The summed E-state index contributed by atoms with van der Waals surface area (Å²) in [5.41, 5.74) is -1.77. The van der Waals surface area contributed by atoms with Crippen molar-refractivity contribution >= 4 is 44.4 Å². The second-order valence-corrected chi connectivity index (χ2v) is 6.24. The minimum absolute atomic E-state index is 0.0488. The standard InChI is InChI=1S/C11H8BrF3INO/c12-6-1-2-8(16)7(5-6)9(18)17-10(3-4-10)11(13,14)15/h1-2,5H,3-4H2,(H,17,18). The first-order valence-electron chi connectivity index (χ1n) is 5.09. The van der Waals surface area contributed by atoms with E-state index in [9.17, 15) is 18.0 Å². The average molecular weight is 434 g/mol. The van der Waals surface area contributed by atoms with Crippen molar-refractivity contribution in [3.63, 3.8) is 0 Å². The summed E-state index contributed by atoms with van der Waals surface area (Å²) < 4.78 is 39.5. The van der Waals surface area contributed by atoms with Gasteiger partial charge in [-0.1, -0.05) is 15.9 Å². The van der Waals surface area contributed by atoms with Crippen LogP contribution in [0.5, 0.6) is 0 Å². The summed E-state index contributed by atoms with van der Waals surface area (Å²) >= 11 is 5.12. The fourth-order valence-electron chi connectivity index (χ4n) is 1.56. The third-order valence-corrected chi connectivity index (χ3v) is 4.25. The van der Waals surface area contributed by atoms with Gasteiger partial charge in [0.15, 0.2) is 0 Å². The summed E-state index contributed by atoms with van der Waals surface area (Å²) in [7, 11) is 0.